The van der Waals surface area contributed by atoms with Crippen LogP contribution in [0.5, 0.6) is 0 Å². The first kappa shape index (κ1) is 22.6. The molecule has 2 aliphatic rings. The second-order valence-electron chi connectivity index (χ2n) is 10.1. The number of amides is 2. The van der Waals surface area contributed by atoms with Crippen LogP contribution in [0, 0.1) is 11.8 Å². The van der Waals surface area contributed by atoms with E-state index < -0.39 is 0 Å². The van der Waals surface area contributed by atoms with Crippen molar-refractivity contribution in [3.63, 3.8) is 0 Å². The van der Waals surface area contributed by atoms with Crippen molar-refractivity contribution >= 4 is 22.8 Å². The zero-order valence-corrected chi connectivity index (χ0v) is 20.3. The number of carbonyl (C=O) groups is 2. The first-order chi connectivity index (χ1) is 17.6. The van der Waals surface area contributed by atoms with E-state index in [2.05, 4.69) is 18.2 Å². The SMILES string of the molecule is O=C(c1ccc(-c2ccc3occc3c2)cc1)N(Cc1ccccc1)C[C@@H]1CCN(C(=O)C2CC2)C1. The lowest BCUT2D eigenvalue weighted by Gasteiger charge is -2.26. The minimum absolute atomic E-state index is 0.0302. The molecule has 1 aliphatic heterocycles. The highest BCUT2D eigenvalue weighted by Crippen LogP contribution is 2.33. The van der Waals surface area contributed by atoms with E-state index in [1.807, 2.05) is 70.5 Å². The third kappa shape index (κ3) is 4.78. The Balaban J connectivity index is 1.19. The Morgan fingerprint density at radius 3 is 2.44 bits per heavy atom. The van der Waals surface area contributed by atoms with E-state index in [1.165, 1.54) is 0 Å². The maximum absolute atomic E-state index is 13.7. The molecule has 4 aromatic rings. The lowest BCUT2D eigenvalue weighted by Crippen LogP contribution is -2.37. The number of benzene rings is 3. The van der Waals surface area contributed by atoms with Crippen LogP contribution in [0.25, 0.3) is 22.1 Å². The molecule has 5 heteroatoms. The van der Waals surface area contributed by atoms with Crippen LogP contribution >= 0.6 is 0 Å². The molecule has 0 N–H and O–H groups in total. The van der Waals surface area contributed by atoms with Gasteiger partial charge >= 0.3 is 0 Å². The van der Waals surface area contributed by atoms with Crippen molar-refractivity contribution in [2.75, 3.05) is 19.6 Å². The van der Waals surface area contributed by atoms with Gasteiger partial charge in [0.05, 0.1) is 6.26 Å². The monoisotopic (exact) mass is 478 g/mol. The first-order valence-electron chi connectivity index (χ1n) is 12.8. The van der Waals surface area contributed by atoms with Gasteiger partial charge in [-0.25, -0.2) is 0 Å². The number of furan rings is 1. The van der Waals surface area contributed by atoms with Gasteiger partial charge in [-0.05, 0) is 72.2 Å². The Morgan fingerprint density at radius 2 is 1.67 bits per heavy atom. The molecule has 1 saturated heterocycles. The molecule has 0 spiro atoms. The second-order valence-corrected chi connectivity index (χ2v) is 10.1. The van der Waals surface area contributed by atoms with E-state index in [1.54, 1.807) is 6.26 Å². The lowest BCUT2D eigenvalue weighted by molar-refractivity contribution is -0.131. The van der Waals surface area contributed by atoms with Gasteiger partial charge in [-0.2, -0.15) is 0 Å². The van der Waals surface area contributed by atoms with Gasteiger partial charge in [0.15, 0.2) is 0 Å². The minimum Gasteiger partial charge on any atom is -0.464 e. The molecule has 5 nitrogen and oxygen atoms in total. The summed E-state index contributed by atoms with van der Waals surface area (Å²) in [4.78, 5) is 30.2. The van der Waals surface area contributed by atoms with Crippen molar-refractivity contribution in [2.24, 2.45) is 11.8 Å². The molecule has 1 aliphatic carbocycles. The predicted molar refractivity (Wildman–Crippen MR) is 140 cm³/mol. The van der Waals surface area contributed by atoms with Gasteiger partial charge in [-0.15, -0.1) is 0 Å². The molecule has 1 atom stereocenters. The fourth-order valence-corrected chi connectivity index (χ4v) is 5.24. The molecular formula is C31H30N2O3. The maximum Gasteiger partial charge on any atom is 0.254 e. The highest BCUT2D eigenvalue weighted by molar-refractivity contribution is 5.95. The summed E-state index contributed by atoms with van der Waals surface area (Å²) in [5.41, 5.74) is 4.82. The predicted octanol–water partition coefficient (Wildman–Crippen LogP) is 6.00. The zero-order valence-electron chi connectivity index (χ0n) is 20.3. The first-order valence-corrected chi connectivity index (χ1v) is 12.8. The number of rotatable bonds is 7. The third-order valence-electron chi connectivity index (χ3n) is 7.42. The quantitative estimate of drug-likeness (QED) is 0.327. The average Bonchev–Trinajstić information content (AvgIpc) is 3.48. The molecule has 182 valence electrons. The van der Waals surface area contributed by atoms with Gasteiger partial charge in [0.25, 0.3) is 5.91 Å². The number of nitrogens with zero attached hydrogens (tertiary/aromatic N) is 2. The van der Waals surface area contributed by atoms with Gasteiger partial charge in [0, 0.05) is 43.0 Å². The Morgan fingerprint density at radius 1 is 0.889 bits per heavy atom. The van der Waals surface area contributed by atoms with Crippen LogP contribution in [-0.4, -0.2) is 41.2 Å². The zero-order chi connectivity index (χ0) is 24.5. The molecule has 0 bridgehead atoms. The largest absolute Gasteiger partial charge is 0.464 e. The molecule has 0 radical (unpaired) electrons. The van der Waals surface area contributed by atoms with E-state index in [4.69, 9.17) is 4.42 Å². The Kier molecular flexibility index (Phi) is 6.06. The summed E-state index contributed by atoms with van der Waals surface area (Å²) in [6.45, 7) is 2.78. The Hall–Kier alpha value is -3.86. The summed E-state index contributed by atoms with van der Waals surface area (Å²) >= 11 is 0. The normalized spacial score (nSPS) is 17.4. The second kappa shape index (κ2) is 9.65. The van der Waals surface area contributed by atoms with Crippen LogP contribution in [-0.2, 0) is 11.3 Å². The van der Waals surface area contributed by atoms with E-state index in [0.717, 1.165) is 60.0 Å². The van der Waals surface area contributed by atoms with E-state index in [0.29, 0.717) is 30.5 Å². The van der Waals surface area contributed by atoms with Crippen molar-refractivity contribution in [1.29, 1.82) is 0 Å². The molecular weight excluding hydrogens is 448 g/mol. The Bertz CT molecular complexity index is 1370. The highest BCUT2D eigenvalue weighted by Gasteiger charge is 2.37. The summed E-state index contributed by atoms with van der Waals surface area (Å²) in [5.74, 6) is 0.894. The molecule has 36 heavy (non-hydrogen) atoms. The molecule has 3 aromatic carbocycles. The lowest BCUT2D eigenvalue weighted by atomic mass is 10.0. The van der Waals surface area contributed by atoms with Gasteiger partial charge in [0.2, 0.25) is 5.91 Å². The van der Waals surface area contributed by atoms with E-state index in [-0.39, 0.29) is 11.8 Å². The van der Waals surface area contributed by atoms with E-state index in [9.17, 15) is 9.59 Å². The van der Waals surface area contributed by atoms with E-state index >= 15 is 0 Å². The summed E-state index contributed by atoms with van der Waals surface area (Å²) in [6.07, 6.45) is 4.71. The van der Waals surface area contributed by atoms with Gasteiger partial charge < -0.3 is 14.2 Å². The van der Waals surface area contributed by atoms with Gasteiger partial charge in [-0.1, -0.05) is 48.5 Å². The van der Waals surface area contributed by atoms with Gasteiger partial charge in [0.1, 0.15) is 5.58 Å². The fourth-order valence-electron chi connectivity index (χ4n) is 5.24. The van der Waals surface area contributed by atoms with Crippen LogP contribution in [0.1, 0.15) is 35.2 Å². The minimum atomic E-state index is 0.0302. The van der Waals surface area contributed by atoms with Crippen LogP contribution in [0.2, 0.25) is 0 Å². The highest BCUT2D eigenvalue weighted by atomic mass is 16.3. The maximum atomic E-state index is 13.7. The number of fused-ring (bicyclic) bond motifs is 1. The summed E-state index contributed by atoms with van der Waals surface area (Å²) in [7, 11) is 0. The molecule has 6 rings (SSSR count). The average molecular weight is 479 g/mol. The summed E-state index contributed by atoms with van der Waals surface area (Å²) < 4.78 is 5.45. The molecule has 2 fully saturated rings. The van der Waals surface area contributed by atoms with Gasteiger partial charge in [-0.3, -0.25) is 9.59 Å². The van der Waals surface area contributed by atoms with Crippen LogP contribution in [0.3, 0.4) is 0 Å². The number of carbonyl (C=O) groups excluding carboxylic acids is 2. The third-order valence-corrected chi connectivity index (χ3v) is 7.42. The van der Waals surface area contributed by atoms with Crippen LogP contribution < -0.4 is 0 Å². The van der Waals surface area contributed by atoms with Crippen LogP contribution in [0.15, 0.2) is 89.5 Å². The van der Waals surface area contributed by atoms with Crippen molar-refractivity contribution in [2.45, 2.75) is 25.8 Å². The van der Waals surface area contributed by atoms with Crippen LogP contribution in [0.4, 0.5) is 0 Å². The molecule has 1 saturated carbocycles. The van der Waals surface area contributed by atoms with Crippen molar-refractivity contribution in [3.8, 4) is 11.1 Å². The molecule has 2 heterocycles. The summed E-state index contributed by atoms with van der Waals surface area (Å²) in [5, 5.41) is 1.06. The number of likely N-dealkylation sites (tertiary alicyclic amines) is 1. The fraction of sp³-hybridized carbons (Fsp3) is 0.290. The van der Waals surface area contributed by atoms with Crippen molar-refractivity contribution < 1.29 is 14.0 Å². The molecule has 2 amide bonds. The van der Waals surface area contributed by atoms with Crippen molar-refractivity contribution in [3.05, 3.63) is 96.3 Å². The number of hydrogen-bond donors (Lipinski definition) is 0. The topological polar surface area (TPSA) is 53.8 Å². The number of hydrogen-bond acceptors (Lipinski definition) is 3. The standard InChI is InChI=1S/C31H30N2O3/c34-30(25-10-11-25)32-16-14-23(20-32)21-33(19-22-4-2-1-3-5-22)31(35)26-8-6-24(7-9-26)27-12-13-29-28(18-27)15-17-36-29/h1-9,12-13,15,17-18,23,25H,10-11,14,16,19-21H2/t23-/m1/s1. The smallest absolute Gasteiger partial charge is 0.254 e. The summed E-state index contributed by atoms with van der Waals surface area (Å²) in [6, 6.07) is 26.1. The molecule has 1 aromatic heterocycles. The molecule has 0 unspecified atom stereocenters. The van der Waals surface area contributed by atoms with Crippen molar-refractivity contribution in [1.82, 2.24) is 9.80 Å². The Labute approximate surface area is 211 Å².